The number of benzene rings is 1. The van der Waals surface area contributed by atoms with E-state index in [0.29, 0.717) is 0 Å². The van der Waals surface area contributed by atoms with Gasteiger partial charge in [-0.3, -0.25) is 5.01 Å². The maximum Gasteiger partial charge on any atom is 0.301 e. The predicted octanol–water partition coefficient (Wildman–Crippen LogP) is 3.81. The smallest absolute Gasteiger partial charge is 0.301 e. The third-order valence-electron chi connectivity index (χ3n) is 6.56. The quantitative estimate of drug-likeness (QED) is 0.111. The minimum atomic E-state index is 1.01. The summed E-state index contributed by atoms with van der Waals surface area (Å²) in [5.41, 5.74) is 1.08. The average molecular weight is 489 g/mol. The number of imidazole rings is 3. The molecule has 0 radical (unpaired) electrons. The van der Waals surface area contributed by atoms with Gasteiger partial charge in [-0.1, -0.05) is 18.2 Å². The number of nitrogens with zero attached hydrogens (tertiary/aromatic N) is 8. The molecule has 4 rings (SSSR count). The van der Waals surface area contributed by atoms with Gasteiger partial charge in [-0.25, -0.2) is 23.3 Å². The molecule has 3 heterocycles. The van der Waals surface area contributed by atoms with Gasteiger partial charge in [0, 0.05) is 26.0 Å². The minimum absolute atomic E-state index is 1.01. The van der Waals surface area contributed by atoms with Crippen LogP contribution in [0.15, 0.2) is 85.3 Å². The van der Waals surface area contributed by atoms with Crippen LogP contribution in [-0.2, 0) is 33.2 Å². The van der Waals surface area contributed by atoms with Crippen molar-refractivity contribution in [2.45, 2.75) is 64.7 Å². The molecule has 8 nitrogen and oxygen atoms in total. The number of aryl methyl sites for hydroxylation is 5. The average Bonchev–Trinajstić information content (AvgIpc) is 3.65. The normalized spacial score (nSPS) is 11.5. The highest BCUT2D eigenvalue weighted by molar-refractivity contribution is 5.74. The molecule has 4 aromatic rings. The molecule has 0 amide bonds. The van der Waals surface area contributed by atoms with Crippen LogP contribution in [0.4, 0.5) is 5.69 Å². The van der Waals surface area contributed by atoms with E-state index in [1.165, 1.54) is 38.5 Å². The van der Waals surface area contributed by atoms with E-state index in [4.69, 9.17) is 0 Å². The Kier molecular flexibility index (Phi) is 9.47. The first kappa shape index (κ1) is 25.4. The molecule has 0 saturated carbocycles. The van der Waals surface area contributed by atoms with Crippen molar-refractivity contribution in [1.82, 2.24) is 18.7 Å². The first-order chi connectivity index (χ1) is 17.7. The number of rotatable bonds is 15. The molecule has 3 aromatic heterocycles. The van der Waals surface area contributed by atoms with Crippen LogP contribution in [0.25, 0.3) is 0 Å². The summed E-state index contributed by atoms with van der Waals surface area (Å²) in [4.78, 5) is 4.10. The summed E-state index contributed by atoms with van der Waals surface area (Å²) in [6, 6.07) is 10.2. The summed E-state index contributed by atoms with van der Waals surface area (Å²) < 4.78 is 11.2. The van der Waals surface area contributed by atoms with Gasteiger partial charge in [0.1, 0.15) is 31.0 Å². The van der Waals surface area contributed by atoms with Gasteiger partial charge < -0.3 is 4.57 Å². The first-order valence-corrected chi connectivity index (χ1v) is 13.1. The fraction of sp³-hybridized carbons (Fsp3) is 0.429. The van der Waals surface area contributed by atoms with Gasteiger partial charge in [0.05, 0.1) is 38.7 Å². The van der Waals surface area contributed by atoms with Crippen molar-refractivity contribution in [2.24, 2.45) is 12.1 Å². The van der Waals surface area contributed by atoms with Gasteiger partial charge in [0.15, 0.2) is 0 Å². The topological polar surface area (TPSA) is 51.0 Å². The zero-order valence-electron chi connectivity index (χ0n) is 21.7. The standard InChI is InChI=1S/C28H40N8/c1-31-20-23-36(28(31)24-30-32(2)27-12-6-5-7-13-27)18-9-4-3-8-16-34-21-22-35(26-34)17-11-10-15-33-19-14-29-25-33/h5-7,12-14,19-26H,3-4,8-11,15-18H2,1-2H3/q+2. The third kappa shape index (κ3) is 7.66. The first-order valence-electron chi connectivity index (χ1n) is 13.1. The predicted molar refractivity (Wildman–Crippen MR) is 143 cm³/mol. The van der Waals surface area contributed by atoms with Crippen molar-refractivity contribution in [3.8, 4) is 0 Å². The third-order valence-corrected chi connectivity index (χ3v) is 6.56. The second-order valence-electron chi connectivity index (χ2n) is 9.38. The van der Waals surface area contributed by atoms with E-state index >= 15 is 0 Å². The molecule has 0 spiro atoms. The summed E-state index contributed by atoms with van der Waals surface area (Å²) in [5.74, 6) is 1.11. The largest absolute Gasteiger partial charge is 0.337 e. The van der Waals surface area contributed by atoms with E-state index in [-0.39, 0.29) is 0 Å². The summed E-state index contributed by atoms with van der Waals surface area (Å²) in [6.07, 6.45) is 25.8. The monoisotopic (exact) mass is 488 g/mol. The van der Waals surface area contributed by atoms with Crippen LogP contribution < -0.4 is 14.1 Å². The Morgan fingerprint density at radius 1 is 0.889 bits per heavy atom. The Bertz CT molecular complexity index is 1170. The lowest BCUT2D eigenvalue weighted by atomic mass is 10.2. The van der Waals surface area contributed by atoms with Gasteiger partial charge in [-0.05, 0) is 50.7 Å². The molecule has 8 heteroatoms. The van der Waals surface area contributed by atoms with Crippen molar-refractivity contribution < 1.29 is 9.13 Å². The Labute approximate surface area is 214 Å². The molecule has 190 valence electrons. The zero-order chi connectivity index (χ0) is 25.0. The fourth-order valence-electron chi connectivity index (χ4n) is 4.38. The molecule has 0 atom stereocenters. The number of hydrogen-bond donors (Lipinski definition) is 0. The number of hydrazone groups is 1. The van der Waals surface area contributed by atoms with Crippen molar-refractivity contribution in [3.63, 3.8) is 0 Å². The molecular weight excluding hydrogens is 448 g/mol. The van der Waals surface area contributed by atoms with E-state index in [9.17, 15) is 0 Å². The Morgan fingerprint density at radius 2 is 1.67 bits per heavy atom. The minimum Gasteiger partial charge on any atom is -0.337 e. The van der Waals surface area contributed by atoms with Gasteiger partial charge in [0.2, 0.25) is 6.33 Å². The van der Waals surface area contributed by atoms with Crippen LogP contribution in [0, 0.1) is 0 Å². The molecule has 36 heavy (non-hydrogen) atoms. The second kappa shape index (κ2) is 13.4. The lowest BCUT2D eigenvalue weighted by Gasteiger charge is -2.11. The molecule has 0 unspecified atom stereocenters. The van der Waals surface area contributed by atoms with Gasteiger partial charge in [0.25, 0.3) is 0 Å². The highest BCUT2D eigenvalue weighted by Gasteiger charge is 2.12. The van der Waals surface area contributed by atoms with Gasteiger partial charge in [-0.2, -0.15) is 5.10 Å². The molecular formula is C28H40N8+2. The summed E-state index contributed by atoms with van der Waals surface area (Å²) in [7, 11) is 4.05. The Morgan fingerprint density at radius 3 is 2.47 bits per heavy atom. The summed E-state index contributed by atoms with van der Waals surface area (Å²) in [6.45, 7) is 4.22. The number of para-hydroxylation sites is 1. The van der Waals surface area contributed by atoms with E-state index in [1.54, 1.807) is 0 Å². The summed E-state index contributed by atoms with van der Waals surface area (Å²) >= 11 is 0. The maximum absolute atomic E-state index is 4.64. The lowest BCUT2D eigenvalue weighted by Crippen LogP contribution is -2.32. The molecule has 0 aliphatic carbocycles. The van der Waals surface area contributed by atoms with Crippen LogP contribution in [-0.4, -0.2) is 31.9 Å². The highest BCUT2D eigenvalue weighted by Crippen LogP contribution is 2.11. The van der Waals surface area contributed by atoms with Gasteiger partial charge in [-0.15, -0.1) is 0 Å². The van der Waals surface area contributed by atoms with E-state index in [2.05, 4.69) is 83.2 Å². The zero-order valence-corrected chi connectivity index (χ0v) is 21.7. The molecule has 0 aliphatic heterocycles. The molecule has 1 aromatic carbocycles. The molecule has 0 fully saturated rings. The lowest BCUT2D eigenvalue weighted by molar-refractivity contribution is -0.696. The van der Waals surface area contributed by atoms with Crippen molar-refractivity contribution in [1.29, 1.82) is 0 Å². The molecule has 0 saturated heterocycles. The highest BCUT2D eigenvalue weighted by atomic mass is 15.4. The van der Waals surface area contributed by atoms with E-state index in [1.807, 2.05) is 55.2 Å². The number of hydrogen-bond acceptors (Lipinski definition) is 3. The molecule has 0 aliphatic rings. The van der Waals surface area contributed by atoms with Crippen LogP contribution in [0.1, 0.15) is 44.3 Å². The van der Waals surface area contributed by atoms with Crippen LogP contribution >= 0.6 is 0 Å². The Balaban J connectivity index is 1.12. The number of unbranched alkanes of at least 4 members (excludes halogenated alkanes) is 4. The van der Waals surface area contributed by atoms with E-state index in [0.717, 1.165) is 37.7 Å². The van der Waals surface area contributed by atoms with Crippen LogP contribution in [0.2, 0.25) is 0 Å². The summed E-state index contributed by atoms with van der Waals surface area (Å²) in [5, 5.41) is 6.55. The fourth-order valence-corrected chi connectivity index (χ4v) is 4.38. The van der Waals surface area contributed by atoms with Crippen LogP contribution in [0.3, 0.4) is 0 Å². The van der Waals surface area contributed by atoms with Crippen molar-refractivity contribution >= 4 is 11.9 Å². The van der Waals surface area contributed by atoms with Crippen LogP contribution in [0.5, 0.6) is 0 Å². The second-order valence-corrected chi connectivity index (χ2v) is 9.38. The number of aromatic nitrogens is 6. The Hall–Kier alpha value is -3.68. The van der Waals surface area contributed by atoms with Crippen molar-refractivity contribution in [3.05, 3.63) is 86.0 Å². The van der Waals surface area contributed by atoms with Gasteiger partial charge >= 0.3 is 5.82 Å². The van der Waals surface area contributed by atoms with E-state index < -0.39 is 0 Å². The maximum atomic E-state index is 4.64. The molecule has 0 N–H and O–H groups in total. The number of anilines is 1. The SMILES string of the molecule is CN(N=Cc1n(CCCCCC[n+]2ccn(CCCCn3ccnc3)c2)cc[n+]1C)c1ccccc1. The van der Waals surface area contributed by atoms with Crippen molar-refractivity contribution in [2.75, 3.05) is 12.1 Å². The molecule has 0 bridgehead atoms.